The topological polar surface area (TPSA) is 35.8 Å². The van der Waals surface area contributed by atoms with Gasteiger partial charge >= 0.3 is 0 Å². The Labute approximate surface area is 112 Å². The van der Waals surface area contributed by atoms with Crippen molar-refractivity contribution in [2.45, 2.75) is 20.0 Å². The zero-order chi connectivity index (χ0) is 13.7. The summed E-state index contributed by atoms with van der Waals surface area (Å²) in [5.41, 5.74) is 3.73. The smallest absolute Gasteiger partial charge is 0.123 e. The van der Waals surface area contributed by atoms with E-state index in [-0.39, 0.29) is 5.82 Å². The van der Waals surface area contributed by atoms with Crippen molar-refractivity contribution in [1.29, 1.82) is 5.26 Å². The highest BCUT2D eigenvalue weighted by Crippen LogP contribution is 2.10. The lowest BCUT2D eigenvalue weighted by molar-refractivity contribution is 0.619. The van der Waals surface area contributed by atoms with Crippen molar-refractivity contribution in [1.82, 2.24) is 5.32 Å². The Morgan fingerprint density at radius 2 is 2.00 bits per heavy atom. The summed E-state index contributed by atoms with van der Waals surface area (Å²) < 4.78 is 13.1. The highest BCUT2D eigenvalue weighted by atomic mass is 19.1. The molecular formula is C16H15FN2. The Balaban J connectivity index is 1.96. The zero-order valence-corrected chi connectivity index (χ0v) is 10.8. The molecule has 0 saturated heterocycles. The number of nitrogens with one attached hydrogen (secondary N) is 1. The Bertz CT molecular complexity index is 614. The van der Waals surface area contributed by atoms with E-state index < -0.39 is 0 Å². The molecule has 0 saturated carbocycles. The lowest BCUT2D eigenvalue weighted by Crippen LogP contribution is -2.13. The maximum Gasteiger partial charge on any atom is 0.123 e. The van der Waals surface area contributed by atoms with Crippen LogP contribution in [0.2, 0.25) is 0 Å². The summed E-state index contributed by atoms with van der Waals surface area (Å²) in [6, 6.07) is 14.4. The van der Waals surface area contributed by atoms with E-state index in [9.17, 15) is 4.39 Å². The fourth-order valence-electron chi connectivity index (χ4n) is 1.92. The number of benzene rings is 2. The summed E-state index contributed by atoms with van der Waals surface area (Å²) in [6.45, 7) is 3.23. The van der Waals surface area contributed by atoms with Gasteiger partial charge < -0.3 is 5.32 Å². The molecule has 0 aliphatic carbocycles. The van der Waals surface area contributed by atoms with Gasteiger partial charge in [0.1, 0.15) is 5.82 Å². The highest BCUT2D eigenvalue weighted by molar-refractivity contribution is 5.33. The predicted octanol–water partition coefficient (Wildman–Crippen LogP) is 3.30. The standard InChI is InChI=1S/C16H15FN2/c1-12-5-6-16(17)8-15(12)11-19-10-14-4-2-3-13(7-14)9-18/h2-8,19H,10-11H2,1H3. The Morgan fingerprint density at radius 3 is 2.79 bits per heavy atom. The molecule has 0 fully saturated rings. The molecule has 96 valence electrons. The average Bonchev–Trinajstić information content (AvgIpc) is 2.43. The van der Waals surface area contributed by atoms with E-state index in [0.29, 0.717) is 18.7 Å². The normalized spacial score (nSPS) is 10.2. The molecule has 1 N–H and O–H groups in total. The minimum atomic E-state index is -0.214. The van der Waals surface area contributed by atoms with Crippen molar-refractivity contribution in [3.63, 3.8) is 0 Å². The third kappa shape index (κ3) is 3.64. The molecule has 3 heteroatoms. The molecule has 0 radical (unpaired) electrons. The van der Waals surface area contributed by atoms with E-state index in [2.05, 4.69) is 11.4 Å². The summed E-state index contributed by atoms with van der Waals surface area (Å²) in [5, 5.41) is 12.1. The van der Waals surface area contributed by atoms with Crippen molar-refractivity contribution in [2.75, 3.05) is 0 Å². The molecule has 0 spiro atoms. The fraction of sp³-hybridized carbons (Fsp3) is 0.188. The third-order valence-electron chi connectivity index (χ3n) is 3.01. The van der Waals surface area contributed by atoms with Crippen LogP contribution in [0.3, 0.4) is 0 Å². The third-order valence-corrected chi connectivity index (χ3v) is 3.01. The van der Waals surface area contributed by atoms with Gasteiger partial charge in [0.2, 0.25) is 0 Å². The van der Waals surface area contributed by atoms with Crippen LogP contribution in [0.4, 0.5) is 4.39 Å². The van der Waals surface area contributed by atoms with Crippen LogP contribution < -0.4 is 5.32 Å². The fourth-order valence-corrected chi connectivity index (χ4v) is 1.92. The molecule has 2 aromatic rings. The van der Waals surface area contributed by atoms with Crippen LogP contribution in [0.25, 0.3) is 0 Å². The summed E-state index contributed by atoms with van der Waals surface area (Å²) >= 11 is 0. The van der Waals surface area contributed by atoms with Crippen LogP contribution in [0.5, 0.6) is 0 Å². The molecule has 19 heavy (non-hydrogen) atoms. The lowest BCUT2D eigenvalue weighted by Gasteiger charge is -2.08. The summed E-state index contributed by atoms with van der Waals surface area (Å²) in [6.07, 6.45) is 0. The van der Waals surface area contributed by atoms with Gasteiger partial charge in [-0.1, -0.05) is 18.2 Å². The summed E-state index contributed by atoms with van der Waals surface area (Å²) in [7, 11) is 0. The molecule has 2 nitrogen and oxygen atoms in total. The van der Waals surface area contributed by atoms with Gasteiger partial charge in [0.15, 0.2) is 0 Å². The van der Waals surface area contributed by atoms with Crippen LogP contribution >= 0.6 is 0 Å². The molecule has 0 atom stereocenters. The maximum absolute atomic E-state index is 13.1. The molecule has 0 aliphatic heterocycles. The zero-order valence-electron chi connectivity index (χ0n) is 10.8. The van der Waals surface area contributed by atoms with Crippen LogP contribution in [0.15, 0.2) is 42.5 Å². The predicted molar refractivity (Wildman–Crippen MR) is 72.8 cm³/mol. The molecule has 0 bridgehead atoms. The van der Waals surface area contributed by atoms with Crippen LogP contribution in [0, 0.1) is 24.1 Å². The first-order valence-electron chi connectivity index (χ1n) is 6.14. The lowest BCUT2D eigenvalue weighted by atomic mass is 10.1. The number of rotatable bonds is 4. The monoisotopic (exact) mass is 254 g/mol. The highest BCUT2D eigenvalue weighted by Gasteiger charge is 2.01. The summed E-state index contributed by atoms with van der Waals surface area (Å²) in [5.74, 6) is -0.214. The van der Waals surface area contributed by atoms with E-state index in [1.807, 2.05) is 25.1 Å². The summed E-state index contributed by atoms with van der Waals surface area (Å²) in [4.78, 5) is 0. The van der Waals surface area contributed by atoms with E-state index in [1.165, 1.54) is 6.07 Å². The van der Waals surface area contributed by atoms with Crippen molar-refractivity contribution < 1.29 is 4.39 Å². The van der Waals surface area contributed by atoms with Gasteiger partial charge in [-0.05, 0) is 47.9 Å². The van der Waals surface area contributed by atoms with E-state index in [0.717, 1.165) is 16.7 Å². The van der Waals surface area contributed by atoms with Gasteiger partial charge in [0.05, 0.1) is 11.6 Å². The van der Waals surface area contributed by atoms with Crippen molar-refractivity contribution in [2.24, 2.45) is 0 Å². The second kappa shape index (κ2) is 6.12. The van der Waals surface area contributed by atoms with Gasteiger partial charge in [0, 0.05) is 13.1 Å². The first-order valence-corrected chi connectivity index (χ1v) is 6.14. The van der Waals surface area contributed by atoms with Gasteiger partial charge in [-0.25, -0.2) is 4.39 Å². The Kier molecular flexibility index (Phi) is 4.27. The number of nitriles is 1. The van der Waals surface area contributed by atoms with E-state index >= 15 is 0 Å². The number of hydrogen-bond donors (Lipinski definition) is 1. The average molecular weight is 254 g/mol. The molecule has 0 aliphatic rings. The number of nitrogens with zero attached hydrogens (tertiary/aromatic N) is 1. The van der Waals surface area contributed by atoms with Gasteiger partial charge in [0.25, 0.3) is 0 Å². The second-order valence-electron chi connectivity index (χ2n) is 4.49. The molecule has 0 aromatic heterocycles. The first-order chi connectivity index (χ1) is 9.19. The molecule has 0 amide bonds. The number of hydrogen-bond acceptors (Lipinski definition) is 2. The SMILES string of the molecule is Cc1ccc(F)cc1CNCc1cccc(C#N)c1. The number of halogens is 1. The number of aryl methyl sites for hydroxylation is 1. The first kappa shape index (κ1) is 13.3. The maximum atomic E-state index is 13.1. The van der Waals surface area contributed by atoms with Crippen molar-refractivity contribution in [3.8, 4) is 6.07 Å². The van der Waals surface area contributed by atoms with Crippen LogP contribution in [0.1, 0.15) is 22.3 Å². The Hall–Kier alpha value is -2.18. The minimum Gasteiger partial charge on any atom is -0.309 e. The largest absolute Gasteiger partial charge is 0.309 e. The van der Waals surface area contributed by atoms with Crippen molar-refractivity contribution in [3.05, 3.63) is 70.5 Å². The van der Waals surface area contributed by atoms with Crippen molar-refractivity contribution >= 4 is 0 Å². The van der Waals surface area contributed by atoms with Gasteiger partial charge in [-0.15, -0.1) is 0 Å². The van der Waals surface area contributed by atoms with E-state index in [4.69, 9.17) is 5.26 Å². The van der Waals surface area contributed by atoms with Gasteiger partial charge in [-0.2, -0.15) is 5.26 Å². The van der Waals surface area contributed by atoms with Crippen LogP contribution in [-0.2, 0) is 13.1 Å². The van der Waals surface area contributed by atoms with Gasteiger partial charge in [-0.3, -0.25) is 0 Å². The molecule has 0 heterocycles. The quantitative estimate of drug-likeness (QED) is 0.908. The molecule has 2 rings (SSSR count). The minimum absolute atomic E-state index is 0.214. The second-order valence-corrected chi connectivity index (χ2v) is 4.49. The van der Waals surface area contributed by atoms with Crippen LogP contribution in [-0.4, -0.2) is 0 Å². The molecule has 2 aromatic carbocycles. The molecule has 0 unspecified atom stereocenters. The van der Waals surface area contributed by atoms with E-state index in [1.54, 1.807) is 18.2 Å². The molecular weight excluding hydrogens is 239 g/mol. The Morgan fingerprint density at radius 1 is 1.16 bits per heavy atom.